The number of pyridine rings is 1. The van der Waals surface area contributed by atoms with E-state index in [1.54, 1.807) is 13.8 Å². The minimum atomic E-state index is -3.91. The Hall–Kier alpha value is -1.67. The second kappa shape index (κ2) is 7.20. The largest absolute Gasteiger partial charge is 0.480 e. The van der Waals surface area contributed by atoms with Crippen molar-refractivity contribution in [3.63, 3.8) is 0 Å². The number of ether oxygens (including phenoxy) is 1. The second-order valence-corrected chi connectivity index (χ2v) is 5.78. The van der Waals surface area contributed by atoms with Crippen molar-refractivity contribution in [2.75, 3.05) is 6.61 Å². The van der Waals surface area contributed by atoms with Crippen molar-refractivity contribution in [3.8, 4) is 5.88 Å². The van der Waals surface area contributed by atoms with Gasteiger partial charge in [0.1, 0.15) is 10.9 Å². The van der Waals surface area contributed by atoms with Crippen molar-refractivity contribution in [1.82, 2.24) is 9.71 Å². The highest BCUT2D eigenvalue weighted by molar-refractivity contribution is 7.89. The SMILES string of the molecule is CCCC(NS(=O)(=O)c1ccc(OCC)nc1)C(=O)O. The number of carboxylic acids is 1. The molecule has 0 aromatic carbocycles. The van der Waals surface area contributed by atoms with Crippen LogP contribution in [0.4, 0.5) is 0 Å². The molecule has 7 nitrogen and oxygen atoms in total. The summed E-state index contributed by atoms with van der Waals surface area (Å²) in [7, 11) is -3.91. The topological polar surface area (TPSA) is 106 Å². The van der Waals surface area contributed by atoms with E-state index in [9.17, 15) is 13.2 Å². The number of rotatable bonds is 8. The van der Waals surface area contributed by atoms with Gasteiger partial charge in [-0.25, -0.2) is 13.4 Å². The van der Waals surface area contributed by atoms with Gasteiger partial charge in [-0.15, -0.1) is 0 Å². The summed E-state index contributed by atoms with van der Waals surface area (Å²) in [6, 6.07) is 1.61. The summed E-state index contributed by atoms with van der Waals surface area (Å²) in [5, 5.41) is 8.97. The predicted molar refractivity (Wildman–Crippen MR) is 72.1 cm³/mol. The van der Waals surface area contributed by atoms with Crippen LogP contribution in [-0.2, 0) is 14.8 Å². The van der Waals surface area contributed by atoms with E-state index < -0.39 is 22.0 Å². The lowest BCUT2D eigenvalue weighted by atomic mass is 10.2. The van der Waals surface area contributed by atoms with E-state index in [1.165, 1.54) is 12.1 Å². The zero-order valence-electron chi connectivity index (χ0n) is 11.4. The molecular weight excluding hydrogens is 284 g/mol. The Labute approximate surface area is 118 Å². The number of hydrogen-bond acceptors (Lipinski definition) is 5. The van der Waals surface area contributed by atoms with Gasteiger partial charge in [-0.2, -0.15) is 4.72 Å². The van der Waals surface area contributed by atoms with E-state index >= 15 is 0 Å². The number of hydrogen-bond donors (Lipinski definition) is 2. The molecule has 2 N–H and O–H groups in total. The average molecular weight is 302 g/mol. The molecule has 1 unspecified atom stereocenters. The number of carbonyl (C=O) groups is 1. The van der Waals surface area contributed by atoms with E-state index in [2.05, 4.69) is 9.71 Å². The lowest BCUT2D eigenvalue weighted by molar-refractivity contribution is -0.139. The zero-order valence-corrected chi connectivity index (χ0v) is 12.2. The third-order valence-electron chi connectivity index (χ3n) is 2.48. The predicted octanol–water partition coefficient (Wildman–Crippen LogP) is 1.01. The lowest BCUT2D eigenvalue weighted by Gasteiger charge is -2.13. The number of nitrogens with one attached hydrogen (secondary N) is 1. The molecule has 0 spiro atoms. The molecule has 0 amide bonds. The van der Waals surface area contributed by atoms with Gasteiger partial charge in [-0.1, -0.05) is 13.3 Å². The number of aromatic nitrogens is 1. The Morgan fingerprint density at radius 2 is 2.15 bits per heavy atom. The molecule has 1 atom stereocenters. The summed E-state index contributed by atoms with van der Waals surface area (Å²) >= 11 is 0. The second-order valence-electron chi connectivity index (χ2n) is 4.07. The summed E-state index contributed by atoms with van der Waals surface area (Å²) in [6.07, 6.45) is 1.91. The van der Waals surface area contributed by atoms with Crippen molar-refractivity contribution < 1.29 is 23.1 Å². The maximum absolute atomic E-state index is 12.0. The molecule has 1 heterocycles. The summed E-state index contributed by atoms with van der Waals surface area (Å²) in [5.41, 5.74) is 0. The zero-order chi connectivity index (χ0) is 15.2. The Kier molecular flexibility index (Phi) is 5.90. The van der Waals surface area contributed by atoms with Gasteiger partial charge >= 0.3 is 5.97 Å². The number of nitrogens with zero attached hydrogens (tertiary/aromatic N) is 1. The van der Waals surface area contributed by atoms with Gasteiger partial charge in [0.2, 0.25) is 15.9 Å². The first kappa shape index (κ1) is 16.4. The van der Waals surface area contributed by atoms with Crippen LogP contribution in [0.5, 0.6) is 5.88 Å². The van der Waals surface area contributed by atoms with E-state index in [0.29, 0.717) is 18.9 Å². The van der Waals surface area contributed by atoms with Crippen molar-refractivity contribution in [3.05, 3.63) is 18.3 Å². The fourth-order valence-corrected chi connectivity index (χ4v) is 2.70. The highest BCUT2D eigenvalue weighted by atomic mass is 32.2. The molecule has 20 heavy (non-hydrogen) atoms. The van der Waals surface area contributed by atoms with Crippen molar-refractivity contribution in [2.45, 2.75) is 37.6 Å². The van der Waals surface area contributed by atoms with Gasteiger partial charge in [0, 0.05) is 6.07 Å². The van der Waals surface area contributed by atoms with Crippen LogP contribution in [0, 0.1) is 0 Å². The molecule has 0 aliphatic carbocycles. The van der Waals surface area contributed by atoms with Crippen LogP contribution in [0.15, 0.2) is 23.2 Å². The van der Waals surface area contributed by atoms with Gasteiger partial charge in [-0.05, 0) is 19.4 Å². The average Bonchev–Trinajstić information content (AvgIpc) is 2.39. The molecule has 0 fully saturated rings. The number of sulfonamides is 1. The molecule has 0 bridgehead atoms. The number of carboxylic acid groups (broad SMARTS) is 1. The van der Waals surface area contributed by atoms with Crippen molar-refractivity contribution in [1.29, 1.82) is 0 Å². The fraction of sp³-hybridized carbons (Fsp3) is 0.500. The summed E-state index contributed by atoms with van der Waals surface area (Å²) in [5.74, 6) is -0.885. The maximum atomic E-state index is 12.0. The van der Waals surface area contributed by atoms with Crippen LogP contribution in [0.25, 0.3) is 0 Å². The first-order valence-corrected chi connectivity index (χ1v) is 7.73. The van der Waals surface area contributed by atoms with E-state index in [4.69, 9.17) is 9.84 Å². The van der Waals surface area contributed by atoms with Gasteiger partial charge in [0.05, 0.1) is 12.8 Å². The summed E-state index contributed by atoms with van der Waals surface area (Å²) < 4.78 is 31.3. The van der Waals surface area contributed by atoms with Crippen molar-refractivity contribution >= 4 is 16.0 Å². The molecule has 0 aliphatic heterocycles. The normalized spacial score (nSPS) is 12.9. The summed E-state index contributed by atoms with van der Waals surface area (Å²) in [4.78, 5) is 14.7. The number of aliphatic carboxylic acids is 1. The van der Waals surface area contributed by atoms with Crippen LogP contribution in [0.3, 0.4) is 0 Å². The Morgan fingerprint density at radius 1 is 1.45 bits per heavy atom. The monoisotopic (exact) mass is 302 g/mol. The molecule has 1 aromatic heterocycles. The maximum Gasteiger partial charge on any atom is 0.321 e. The Balaban J connectivity index is 2.89. The first-order chi connectivity index (χ1) is 9.40. The lowest BCUT2D eigenvalue weighted by Crippen LogP contribution is -2.40. The third-order valence-corrected chi connectivity index (χ3v) is 3.94. The van der Waals surface area contributed by atoms with Crippen LogP contribution < -0.4 is 9.46 Å². The van der Waals surface area contributed by atoms with E-state index in [-0.39, 0.29) is 11.3 Å². The quantitative estimate of drug-likeness (QED) is 0.742. The highest BCUT2D eigenvalue weighted by Gasteiger charge is 2.24. The molecule has 0 saturated heterocycles. The Bertz CT molecular complexity index is 541. The smallest absolute Gasteiger partial charge is 0.321 e. The van der Waals surface area contributed by atoms with Crippen LogP contribution >= 0.6 is 0 Å². The highest BCUT2D eigenvalue weighted by Crippen LogP contribution is 2.13. The van der Waals surface area contributed by atoms with E-state index in [0.717, 1.165) is 6.20 Å². The molecule has 1 rings (SSSR count). The molecule has 1 aromatic rings. The van der Waals surface area contributed by atoms with Gasteiger partial charge < -0.3 is 9.84 Å². The van der Waals surface area contributed by atoms with Gasteiger partial charge in [0.15, 0.2) is 0 Å². The van der Waals surface area contributed by atoms with Crippen molar-refractivity contribution in [2.24, 2.45) is 0 Å². The minimum absolute atomic E-state index is 0.0942. The van der Waals surface area contributed by atoms with Crippen LogP contribution in [-0.4, -0.2) is 37.1 Å². The first-order valence-electron chi connectivity index (χ1n) is 6.24. The van der Waals surface area contributed by atoms with Gasteiger partial charge in [-0.3, -0.25) is 4.79 Å². The standard InChI is InChI=1S/C12H18N2O5S/c1-3-5-10(12(15)16)14-20(17,18)9-6-7-11(13-8-9)19-4-2/h6-8,10,14H,3-5H2,1-2H3,(H,15,16). The Morgan fingerprint density at radius 3 is 2.60 bits per heavy atom. The van der Waals surface area contributed by atoms with Crippen LogP contribution in [0.2, 0.25) is 0 Å². The molecule has 0 saturated carbocycles. The summed E-state index contributed by atoms with van der Waals surface area (Å²) in [6.45, 7) is 3.99. The molecule has 112 valence electrons. The van der Waals surface area contributed by atoms with Crippen LogP contribution in [0.1, 0.15) is 26.7 Å². The molecule has 0 radical (unpaired) electrons. The molecule has 8 heteroatoms. The molecular formula is C12H18N2O5S. The molecule has 0 aliphatic rings. The fourth-order valence-electron chi connectivity index (χ4n) is 1.54. The van der Waals surface area contributed by atoms with E-state index in [1.807, 2.05) is 0 Å². The minimum Gasteiger partial charge on any atom is -0.480 e. The third kappa shape index (κ3) is 4.46. The van der Waals surface area contributed by atoms with Gasteiger partial charge in [0.25, 0.3) is 0 Å².